The van der Waals surface area contributed by atoms with Crippen LogP contribution < -0.4 is 0 Å². The number of imidazole rings is 2. The van der Waals surface area contributed by atoms with Gasteiger partial charge in [-0.1, -0.05) is 0 Å². The zero-order chi connectivity index (χ0) is 15.9. The summed E-state index contributed by atoms with van der Waals surface area (Å²) < 4.78 is 0. The number of hydrogen-bond donors (Lipinski definition) is 2. The fourth-order valence-corrected chi connectivity index (χ4v) is 2.44. The van der Waals surface area contributed by atoms with E-state index in [9.17, 15) is 0 Å². The lowest BCUT2D eigenvalue weighted by molar-refractivity contribution is 1.24. The average molecular weight is 314 g/mol. The van der Waals surface area contributed by atoms with Crippen molar-refractivity contribution in [1.82, 2.24) is 19.9 Å². The van der Waals surface area contributed by atoms with Gasteiger partial charge in [-0.05, 0) is 24.3 Å². The van der Waals surface area contributed by atoms with Crippen LogP contribution in [0.1, 0.15) is 11.6 Å². The van der Waals surface area contributed by atoms with Crippen LogP contribution in [0.2, 0.25) is 0 Å². The molecule has 3 aliphatic heterocycles. The van der Waals surface area contributed by atoms with E-state index in [1.54, 1.807) is 30.8 Å². The smallest absolute Gasteiger partial charge is 0.152 e. The van der Waals surface area contributed by atoms with Crippen LogP contribution in [0, 0.1) is 0 Å². The predicted octanol–water partition coefficient (Wildman–Crippen LogP) is 2.02. The van der Waals surface area contributed by atoms with Gasteiger partial charge in [-0.3, -0.25) is 0 Å². The number of aliphatic imine (C=N–C) groups is 4. The normalized spacial score (nSPS) is 17.7. The highest BCUT2D eigenvalue weighted by Crippen LogP contribution is 2.18. The minimum atomic E-state index is 0.595. The Morgan fingerprint density at radius 2 is 1.50 bits per heavy atom. The molecule has 8 heteroatoms. The maximum atomic E-state index is 4.51. The van der Waals surface area contributed by atoms with E-state index in [2.05, 4.69) is 39.9 Å². The molecule has 8 bridgehead atoms. The predicted molar refractivity (Wildman–Crippen MR) is 93.1 cm³/mol. The second kappa shape index (κ2) is 4.92. The molecule has 0 atom stereocenters. The van der Waals surface area contributed by atoms with Gasteiger partial charge in [0.25, 0.3) is 0 Å². The van der Waals surface area contributed by atoms with E-state index < -0.39 is 0 Å². The molecule has 2 N–H and O–H groups in total. The molecule has 0 radical (unpaired) electrons. The van der Waals surface area contributed by atoms with Crippen LogP contribution in [0.3, 0.4) is 0 Å². The molecule has 0 saturated carbocycles. The molecule has 3 aliphatic rings. The van der Waals surface area contributed by atoms with Gasteiger partial charge >= 0.3 is 0 Å². The van der Waals surface area contributed by atoms with Crippen LogP contribution in [0.5, 0.6) is 0 Å². The van der Waals surface area contributed by atoms with E-state index in [0.717, 1.165) is 11.4 Å². The average Bonchev–Trinajstić information content (AvgIpc) is 3.37. The maximum absolute atomic E-state index is 4.51. The molecular formula is C16H10N8. The molecule has 5 rings (SSSR count). The first kappa shape index (κ1) is 12.8. The van der Waals surface area contributed by atoms with Gasteiger partial charge in [0, 0.05) is 6.20 Å². The largest absolute Gasteiger partial charge is 0.344 e. The Labute approximate surface area is 135 Å². The van der Waals surface area contributed by atoms with Crippen LogP contribution >= 0.6 is 0 Å². The van der Waals surface area contributed by atoms with Gasteiger partial charge in [0.2, 0.25) is 0 Å². The van der Waals surface area contributed by atoms with Gasteiger partial charge in [0.05, 0.1) is 24.3 Å². The molecule has 0 unspecified atom stereocenters. The van der Waals surface area contributed by atoms with Crippen molar-refractivity contribution in [3.8, 4) is 11.4 Å². The van der Waals surface area contributed by atoms with Gasteiger partial charge in [0.1, 0.15) is 28.7 Å². The van der Waals surface area contributed by atoms with Crippen molar-refractivity contribution in [1.29, 1.82) is 0 Å². The summed E-state index contributed by atoms with van der Waals surface area (Å²) in [7, 11) is 0. The number of aromatic nitrogens is 4. The van der Waals surface area contributed by atoms with Gasteiger partial charge < -0.3 is 9.97 Å². The molecule has 0 saturated heterocycles. The number of amidine groups is 2. The zero-order valence-corrected chi connectivity index (χ0v) is 12.3. The highest BCUT2D eigenvalue weighted by Gasteiger charge is 2.13. The Kier molecular flexibility index (Phi) is 2.63. The Morgan fingerprint density at radius 3 is 2.25 bits per heavy atom. The number of nitrogens with zero attached hydrogens (tertiary/aromatic N) is 6. The first-order chi connectivity index (χ1) is 11.8. The monoisotopic (exact) mass is 314 g/mol. The summed E-state index contributed by atoms with van der Waals surface area (Å²) in [6.07, 6.45) is 14.2. The molecule has 0 aromatic carbocycles. The molecule has 0 fully saturated rings. The molecule has 0 amide bonds. The fourth-order valence-electron chi connectivity index (χ4n) is 2.44. The fraction of sp³-hybridized carbons (Fsp3) is 0. The molecule has 24 heavy (non-hydrogen) atoms. The van der Waals surface area contributed by atoms with Crippen LogP contribution in [-0.2, 0) is 0 Å². The first-order valence-electron chi connectivity index (χ1n) is 7.30. The topological polar surface area (TPSA) is 107 Å². The number of rotatable bonds is 0. The number of fused-ring (bicyclic) bond motifs is 7. The molecule has 114 valence electrons. The van der Waals surface area contributed by atoms with Crippen molar-refractivity contribution >= 4 is 36.3 Å². The Bertz CT molecular complexity index is 967. The van der Waals surface area contributed by atoms with Crippen molar-refractivity contribution in [2.24, 2.45) is 20.0 Å². The van der Waals surface area contributed by atoms with Crippen molar-refractivity contribution in [2.75, 3.05) is 0 Å². The van der Waals surface area contributed by atoms with Crippen LogP contribution in [-0.4, -0.2) is 44.0 Å². The van der Waals surface area contributed by atoms with E-state index in [0.29, 0.717) is 34.7 Å². The summed E-state index contributed by atoms with van der Waals surface area (Å²) in [4.78, 5) is 32.6. The number of allylic oxidation sites excluding steroid dienone is 2. The summed E-state index contributed by atoms with van der Waals surface area (Å²) in [6, 6.07) is 0. The lowest BCUT2D eigenvalue weighted by Crippen LogP contribution is -1.86. The molecule has 0 aliphatic carbocycles. The van der Waals surface area contributed by atoms with Crippen molar-refractivity contribution < 1.29 is 0 Å². The van der Waals surface area contributed by atoms with Gasteiger partial charge in [-0.15, -0.1) is 0 Å². The van der Waals surface area contributed by atoms with E-state index in [1.807, 2.05) is 18.3 Å². The third-order valence-electron chi connectivity index (χ3n) is 3.62. The van der Waals surface area contributed by atoms with Gasteiger partial charge in [-0.2, -0.15) is 0 Å². The second-order valence-corrected chi connectivity index (χ2v) is 5.25. The summed E-state index contributed by atoms with van der Waals surface area (Å²) >= 11 is 0. The highest BCUT2D eigenvalue weighted by atomic mass is 15.0. The third-order valence-corrected chi connectivity index (χ3v) is 3.62. The van der Waals surface area contributed by atoms with Crippen molar-refractivity contribution in [2.45, 2.75) is 0 Å². The van der Waals surface area contributed by atoms with Crippen molar-refractivity contribution in [3.05, 3.63) is 47.6 Å². The Balaban J connectivity index is 1.66. The van der Waals surface area contributed by atoms with E-state index in [4.69, 9.17) is 0 Å². The highest BCUT2D eigenvalue weighted by molar-refractivity contribution is 6.14. The minimum Gasteiger partial charge on any atom is -0.344 e. The summed E-state index contributed by atoms with van der Waals surface area (Å²) in [5, 5.41) is 0. The maximum Gasteiger partial charge on any atom is 0.152 e. The standard InChI is InChI=1S/C16H10N8/c1-2-14-18-6-11(22-14)12-8-20-16(24-12)4-3-15-19-7-10(23-15)9-5-17-13(1)21-9/h1-8H,(H,17,21)(H,19,23). The van der Waals surface area contributed by atoms with Gasteiger partial charge in [0.15, 0.2) is 11.7 Å². The number of hydrogen-bond acceptors (Lipinski definition) is 6. The molecule has 2 aromatic rings. The van der Waals surface area contributed by atoms with E-state index in [1.165, 1.54) is 0 Å². The molecule has 2 aromatic heterocycles. The van der Waals surface area contributed by atoms with Crippen molar-refractivity contribution in [3.63, 3.8) is 0 Å². The number of H-pyrrole nitrogens is 2. The lowest BCUT2D eigenvalue weighted by Gasteiger charge is -1.91. The van der Waals surface area contributed by atoms with Crippen LogP contribution in [0.25, 0.3) is 23.5 Å². The van der Waals surface area contributed by atoms with E-state index >= 15 is 0 Å². The number of nitrogens with one attached hydrogen (secondary N) is 2. The summed E-state index contributed by atoms with van der Waals surface area (Å²) in [5.41, 5.74) is 2.99. The molecule has 8 nitrogen and oxygen atoms in total. The second-order valence-electron chi connectivity index (χ2n) is 5.25. The SMILES string of the molecule is C1=Cc2nc(c[nH]2)-c2cnc([nH]2)C=CC2=NC(=C3C=NC1=N3)C=N2. The molecule has 5 heterocycles. The molecular weight excluding hydrogens is 304 g/mol. The Morgan fingerprint density at radius 1 is 0.792 bits per heavy atom. The lowest BCUT2D eigenvalue weighted by atomic mass is 10.4. The van der Waals surface area contributed by atoms with Crippen LogP contribution in [0.4, 0.5) is 0 Å². The van der Waals surface area contributed by atoms with E-state index in [-0.39, 0.29) is 0 Å². The zero-order valence-electron chi connectivity index (χ0n) is 12.3. The first-order valence-corrected chi connectivity index (χ1v) is 7.30. The van der Waals surface area contributed by atoms with Gasteiger partial charge in [-0.25, -0.2) is 29.9 Å². The number of aromatic amines is 2. The quantitative estimate of drug-likeness (QED) is 0.776. The summed E-state index contributed by atoms with van der Waals surface area (Å²) in [5.74, 6) is 2.61. The van der Waals surface area contributed by atoms with Crippen LogP contribution in [0.15, 0.2) is 55.9 Å². The Hall–Kier alpha value is -3.68. The molecule has 0 spiro atoms. The minimum absolute atomic E-state index is 0.595. The third kappa shape index (κ3) is 2.17. The summed E-state index contributed by atoms with van der Waals surface area (Å²) in [6.45, 7) is 0.